The van der Waals surface area contributed by atoms with Crippen molar-refractivity contribution in [1.29, 1.82) is 0 Å². The molecule has 0 atom stereocenters. The van der Waals surface area contributed by atoms with Gasteiger partial charge >= 0.3 is 0 Å². The fraction of sp³-hybridized carbons (Fsp3) is 0.200. The van der Waals surface area contributed by atoms with Crippen LogP contribution in [0.3, 0.4) is 0 Å². The molecule has 0 saturated heterocycles. The molecule has 0 fully saturated rings. The monoisotopic (exact) mass is 244 g/mol. The van der Waals surface area contributed by atoms with Gasteiger partial charge in [-0.15, -0.1) is 0 Å². The smallest absolute Gasteiger partial charge is 0.134 e. The fourth-order valence-corrected chi connectivity index (χ4v) is 1.72. The van der Waals surface area contributed by atoms with Crippen molar-refractivity contribution < 1.29 is 14.2 Å². The molecule has 2 aromatic rings. The molecule has 3 nitrogen and oxygen atoms in total. The van der Waals surface area contributed by atoms with Gasteiger partial charge in [0, 0.05) is 11.6 Å². The van der Waals surface area contributed by atoms with E-state index in [1.165, 1.54) is 0 Å². The Labute approximate surface area is 107 Å². The quantitative estimate of drug-likeness (QED) is 0.818. The maximum atomic E-state index is 5.83. The van der Waals surface area contributed by atoms with E-state index in [0.29, 0.717) is 0 Å². The highest BCUT2D eigenvalue weighted by Gasteiger charge is 2.06. The van der Waals surface area contributed by atoms with Crippen LogP contribution in [0.4, 0.5) is 0 Å². The van der Waals surface area contributed by atoms with Crippen LogP contribution in [-0.4, -0.2) is 14.2 Å². The average Bonchev–Trinajstić information content (AvgIpc) is 2.41. The van der Waals surface area contributed by atoms with E-state index in [2.05, 4.69) is 0 Å². The Balaban J connectivity index is 2.28. The zero-order valence-electron chi connectivity index (χ0n) is 10.8. The summed E-state index contributed by atoms with van der Waals surface area (Å²) >= 11 is 0. The lowest BCUT2D eigenvalue weighted by Gasteiger charge is -2.12. The molecular formula is C15H16O3. The van der Waals surface area contributed by atoms with E-state index >= 15 is 0 Å². The van der Waals surface area contributed by atoms with Gasteiger partial charge in [0.1, 0.15) is 23.0 Å². The second kappa shape index (κ2) is 5.45. The van der Waals surface area contributed by atoms with Crippen LogP contribution in [0.5, 0.6) is 23.0 Å². The minimum atomic E-state index is 0.741. The van der Waals surface area contributed by atoms with Gasteiger partial charge in [0.2, 0.25) is 0 Å². The van der Waals surface area contributed by atoms with Crippen LogP contribution >= 0.6 is 0 Å². The van der Waals surface area contributed by atoms with Gasteiger partial charge in [0.25, 0.3) is 0 Å². The molecule has 0 radical (unpaired) electrons. The maximum Gasteiger partial charge on any atom is 0.134 e. The Kier molecular flexibility index (Phi) is 3.72. The van der Waals surface area contributed by atoms with E-state index in [1.54, 1.807) is 14.2 Å². The van der Waals surface area contributed by atoms with E-state index in [-0.39, 0.29) is 0 Å². The molecule has 0 N–H and O–H groups in total. The molecule has 94 valence electrons. The van der Waals surface area contributed by atoms with Gasteiger partial charge in [-0.3, -0.25) is 0 Å². The molecule has 0 unspecified atom stereocenters. The Hall–Kier alpha value is -2.16. The molecule has 3 heteroatoms. The molecular weight excluding hydrogens is 228 g/mol. The largest absolute Gasteiger partial charge is 0.497 e. The lowest BCUT2D eigenvalue weighted by Crippen LogP contribution is -1.92. The summed E-state index contributed by atoms with van der Waals surface area (Å²) in [6, 6.07) is 13.2. The summed E-state index contributed by atoms with van der Waals surface area (Å²) in [6.45, 7) is 1.97. The summed E-state index contributed by atoms with van der Waals surface area (Å²) in [5.74, 6) is 3.11. The standard InChI is InChI=1S/C15H16O3/c1-11-14(17-3)8-5-9-15(11)18-13-7-4-6-12(10-13)16-2/h4-10H,1-3H3. The molecule has 0 saturated carbocycles. The van der Waals surface area contributed by atoms with Gasteiger partial charge in [0.15, 0.2) is 0 Å². The predicted molar refractivity (Wildman–Crippen MR) is 70.8 cm³/mol. The lowest BCUT2D eigenvalue weighted by atomic mass is 10.2. The third-order valence-corrected chi connectivity index (χ3v) is 2.72. The molecule has 0 aliphatic heterocycles. The first-order valence-corrected chi connectivity index (χ1v) is 5.70. The van der Waals surface area contributed by atoms with Crippen LogP contribution in [0.1, 0.15) is 5.56 Å². The molecule has 0 aliphatic rings. The minimum absolute atomic E-state index is 0.741. The average molecular weight is 244 g/mol. The van der Waals surface area contributed by atoms with Gasteiger partial charge in [-0.25, -0.2) is 0 Å². The Morgan fingerprint density at radius 3 is 2.17 bits per heavy atom. The highest BCUT2D eigenvalue weighted by Crippen LogP contribution is 2.32. The molecule has 0 aliphatic carbocycles. The Morgan fingerprint density at radius 2 is 1.44 bits per heavy atom. The third-order valence-electron chi connectivity index (χ3n) is 2.72. The molecule has 18 heavy (non-hydrogen) atoms. The first-order valence-electron chi connectivity index (χ1n) is 5.70. The normalized spacial score (nSPS) is 9.94. The van der Waals surface area contributed by atoms with Gasteiger partial charge < -0.3 is 14.2 Å². The fourth-order valence-electron chi connectivity index (χ4n) is 1.72. The molecule has 0 bridgehead atoms. The second-order valence-corrected chi connectivity index (χ2v) is 3.86. The first kappa shape index (κ1) is 12.3. The molecule has 2 rings (SSSR count). The van der Waals surface area contributed by atoms with Crippen molar-refractivity contribution in [3.05, 3.63) is 48.0 Å². The number of rotatable bonds is 4. The van der Waals surface area contributed by atoms with E-state index in [9.17, 15) is 0 Å². The van der Waals surface area contributed by atoms with E-state index in [0.717, 1.165) is 28.6 Å². The third kappa shape index (κ3) is 2.56. The summed E-state index contributed by atoms with van der Waals surface area (Å²) in [7, 11) is 3.29. The summed E-state index contributed by atoms with van der Waals surface area (Å²) < 4.78 is 16.3. The van der Waals surface area contributed by atoms with E-state index < -0.39 is 0 Å². The van der Waals surface area contributed by atoms with E-state index in [4.69, 9.17) is 14.2 Å². The van der Waals surface area contributed by atoms with Crippen LogP contribution in [0.2, 0.25) is 0 Å². The Bertz CT molecular complexity index is 535. The molecule has 0 amide bonds. The van der Waals surface area contributed by atoms with Crippen molar-refractivity contribution in [3.8, 4) is 23.0 Å². The summed E-state index contributed by atoms with van der Waals surface area (Å²) in [4.78, 5) is 0. The number of ether oxygens (including phenoxy) is 3. The van der Waals surface area contributed by atoms with Gasteiger partial charge in [-0.05, 0) is 31.2 Å². The number of hydrogen-bond donors (Lipinski definition) is 0. The van der Waals surface area contributed by atoms with Crippen molar-refractivity contribution in [2.45, 2.75) is 6.92 Å². The molecule has 0 heterocycles. The van der Waals surface area contributed by atoms with Crippen LogP contribution in [-0.2, 0) is 0 Å². The molecule has 0 spiro atoms. The highest BCUT2D eigenvalue weighted by atomic mass is 16.5. The molecule has 2 aromatic carbocycles. The van der Waals surface area contributed by atoms with Crippen LogP contribution in [0.25, 0.3) is 0 Å². The number of methoxy groups -OCH3 is 2. The van der Waals surface area contributed by atoms with Crippen molar-refractivity contribution in [2.75, 3.05) is 14.2 Å². The number of hydrogen-bond acceptors (Lipinski definition) is 3. The van der Waals surface area contributed by atoms with Gasteiger partial charge in [-0.1, -0.05) is 12.1 Å². The number of benzene rings is 2. The molecule has 0 aromatic heterocycles. The summed E-state index contributed by atoms with van der Waals surface area (Å²) in [5.41, 5.74) is 0.975. The van der Waals surface area contributed by atoms with Crippen molar-refractivity contribution in [1.82, 2.24) is 0 Å². The van der Waals surface area contributed by atoms with Gasteiger partial charge in [-0.2, -0.15) is 0 Å². The van der Waals surface area contributed by atoms with Crippen LogP contribution in [0.15, 0.2) is 42.5 Å². The van der Waals surface area contributed by atoms with Crippen molar-refractivity contribution in [3.63, 3.8) is 0 Å². The second-order valence-electron chi connectivity index (χ2n) is 3.86. The highest BCUT2D eigenvalue weighted by molar-refractivity contribution is 5.46. The Morgan fingerprint density at radius 1 is 0.778 bits per heavy atom. The zero-order chi connectivity index (χ0) is 13.0. The lowest BCUT2D eigenvalue weighted by molar-refractivity contribution is 0.400. The van der Waals surface area contributed by atoms with Crippen LogP contribution in [0, 0.1) is 6.92 Å². The first-order chi connectivity index (χ1) is 8.74. The van der Waals surface area contributed by atoms with Gasteiger partial charge in [0.05, 0.1) is 14.2 Å². The van der Waals surface area contributed by atoms with Crippen molar-refractivity contribution >= 4 is 0 Å². The minimum Gasteiger partial charge on any atom is -0.497 e. The van der Waals surface area contributed by atoms with Crippen LogP contribution < -0.4 is 14.2 Å². The summed E-state index contributed by atoms with van der Waals surface area (Å²) in [6.07, 6.45) is 0. The van der Waals surface area contributed by atoms with E-state index in [1.807, 2.05) is 49.4 Å². The topological polar surface area (TPSA) is 27.7 Å². The van der Waals surface area contributed by atoms with Crippen molar-refractivity contribution in [2.24, 2.45) is 0 Å². The SMILES string of the molecule is COc1cccc(Oc2cccc(OC)c2C)c1. The predicted octanol–water partition coefficient (Wildman–Crippen LogP) is 3.80. The summed E-state index contributed by atoms with van der Waals surface area (Å²) in [5, 5.41) is 0. The maximum absolute atomic E-state index is 5.83. The zero-order valence-corrected chi connectivity index (χ0v) is 10.8.